The van der Waals surface area contributed by atoms with Gasteiger partial charge in [-0.2, -0.15) is 0 Å². The summed E-state index contributed by atoms with van der Waals surface area (Å²) in [6.07, 6.45) is 3.80. The third-order valence-electron chi connectivity index (χ3n) is 2.44. The third-order valence-corrected chi connectivity index (χ3v) is 3.32. The molecule has 0 unspecified atom stereocenters. The van der Waals surface area contributed by atoms with Gasteiger partial charge in [-0.25, -0.2) is 4.98 Å². The van der Waals surface area contributed by atoms with E-state index in [0.717, 1.165) is 25.6 Å². The number of nitrogens with zero attached hydrogens (tertiary/aromatic N) is 2. The summed E-state index contributed by atoms with van der Waals surface area (Å²) in [6, 6.07) is 0.810. The minimum absolute atomic E-state index is 0.810. The fourth-order valence-electron chi connectivity index (χ4n) is 1.50. The molecule has 1 aromatic heterocycles. The highest BCUT2D eigenvalue weighted by Crippen LogP contribution is 2.18. The molecule has 1 aromatic rings. The van der Waals surface area contributed by atoms with Crippen LogP contribution in [-0.2, 0) is 13.0 Å². The van der Waals surface area contributed by atoms with Crippen molar-refractivity contribution in [2.45, 2.75) is 31.8 Å². The van der Waals surface area contributed by atoms with Crippen LogP contribution in [0.2, 0.25) is 0 Å². The van der Waals surface area contributed by atoms with Gasteiger partial charge in [-0.1, -0.05) is 0 Å². The lowest BCUT2D eigenvalue weighted by molar-refractivity contribution is 0.401. The highest BCUT2D eigenvalue weighted by atomic mass is 32.1. The Bertz CT molecular complexity index is 305. The van der Waals surface area contributed by atoms with Crippen LogP contribution in [0.4, 0.5) is 0 Å². The summed E-state index contributed by atoms with van der Waals surface area (Å²) in [7, 11) is 4.16. The summed E-state index contributed by atoms with van der Waals surface area (Å²) in [5.41, 5.74) is 1.24. The zero-order valence-corrected chi connectivity index (χ0v) is 10.3. The Labute approximate surface area is 95.5 Å². The number of nitrogens with one attached hydrogen (secondary N) is 1. The van der Waals surface area contributed by atoms with Crippen molar-refractivity contribution in [1.29, 1.82) is 0 Å². The number of hydrogen-bond acceptors (Lipinski definition) is 4. The van der Waals surface area contributed by atoms with Crippen molar-refractivity contribution in [2.75, 3.05) is 20.6 Å². The first-order valence-electron chi connectivity index (χ1n) is 5.55. The molecule has 0 aromatic carbocycles. The lowest BCUT2D eigenvalue weighted by atomic mass is 10.3. The second-order valence-corrected chi connectivity index (χ2v) is 5.39. The van der Waals surface area contributed by atoms with Crippen LogP contribution < -0.4 is 5.32 Å². The van der Waals surface area contributed by atoms with Crippen LogP contribution in [0.15, 0.2) is 5.38 Å². The highest BCUT2D eigenvalue weighted by molar-refractivity contribution is 7.09. The van der Waals surface area contributed by atoms with Gasteiger partial charge in [-0.05, 0) is 26.9 Å². The van der Waals surface area contributed by atoms with Crippen LogP contribution in [-0.4, -0.2) is 36.6 Å². The van der Waals surface area contributed by atoms with E-state index in [-0.39, 0.29) is 0 Å². The van der Waals surface area contributed by atoms with Gasteiger partial charge in [0.15, 0.2) is 0 Å². The molecule has 4 heteroatoms. The second-order valence-electron chi connectivity index (χ2n) is 4.45. The largest absolute Gasteiger partial charge is 0.314 e. The Kier molecular flexibility index (Phi) is 3.72. The SMILES string of the molecule is CN(C)Cc1nc(CCNC2CC2)cs1. The average molecular weight is 225 g/mol. The van der Waals surface area contributed by atoms with E-state index in [9.17, 15) is 0 Å². The highest BCUT2D eigenvalue weighted by Gasteiger charge is 2.19. The predicted octanol–water partition coefficient (Wildman–Crippen LogP) is 1.50. The molecule has 1 aliphatic rings. The molecule has 1 fully saturated rings. The summed E-state index contributed by atoms with van der Waals surface area (Å²) in [6.45, 7) is 2.04. The van der Waals surface area contributed by atoms with E-state index < -0.39 is 0 Å². The number of thiazole rings is 1. The van der Waals surface area contributed by atoms with Gasteiger partial charge >= 0.3 is 0 Å². The monoisotopic (exact) mass is 225 g/mol. The molecule has 0 aliphatic heterocycles. The van der Waals surface area contributed by atoms with Crippen LogP contribution in [0.25, 0.3) is 0 Å². The van der Waals surface area contributed by atoms with Gasteiger partial charge in [0.1, 0.15) is 5.01 Å². The Hall–Kier alpha value is -0.450. The first-order chi connectivity index (χ1) is 7.24. The molecule has 2 rings (SSSR count). The molecule has 0 saturated heterocycles. The smallest absolute Gasteiger partial charge is 0.107 e. The summed E-state index contributed by atoms with van der Waals surface area (Å²) in [4.78, 5) is 6.76. The minimum atomic E-state index is 0.810. The van der Waals surface area contributed by atoms with Gasteiger partial charge in [-0.3, -0.25) is 0 Å². The first-order valence-corrected chi connectivity index (χ1v) is 6.43. The van der Waals surface area contributed by atoms with Crippen molar-refractivity contribution >= 4 is 11.3 Å². The summed E-state index contributed by atoms with van der Waals surface area (Å²) in [5, 5.41) is 6.92. The van der Waals surface area contributed by atoms with Gasteiger partial charge in [0.2, 0.25) is 0 Å². The normalized spacial score (nSPS) is 16.2. The second kappa shape index (κ2) is 5.05. The van der Waals surface area contributed by atoms with Crippen LogP contribution in [0, 0.1) is 0 Å². The van der Waals surface area contributed by atoms with Gasteiger partial charge in [0.25, 0.3) is 0 Å². The Balaban J connectivity index is 1.73. The zero-order chi connectivity index (χ0) is 10.7. The first kappa shape index (κ1) is 11.0. The Morgan fingerprint density at radius 1 is 1.53 bits per heavy atom. The van der Waals surface area contributed by atoms with Gasteiger partial charge in [0, 0.05) is 30.9 Å². The molecule has 1 N–H and O–H groups in total. The van der Waals surface area contributed by atoms with E-state index in [1.54, 1.807) is 11.3 Å². The molecule has 0 atom stereocenters. The molecular formula is C11H19N3S. The molecular weight excluding hydrogens is 206 g/mol. The summed E-state index contributed by atoms with van der Waals surface area (Å²) >= 11 is 1.77. The van der Waals surface area contributed by atoms with Crippen LogP contribution in [0.5, 0.6) is 0 Å². The molecule has 1 saturated carbocycles. The maximum Gasteiger partial charge on any atom is 0.107 e. The predicted molar refractivity (Wildman–Crippen MR) is 64.2 cm³/mol. The standard InChI is InChI=1S/C11H19N3S/c1-14(2)7-11-13-10(8-15-11)5-6-12-9-3-4-9/h8-9,12H,3-7H2,1-2H3. The molecule has 0 spiro atoms. The third kappa shape index (κ3) is 3.89. The van der Waals surface area contributed by atoms with Crippen LogP contribution in [0.3, 0.4) is 0 Å². The molecule has 1 aliphatic carbocycles. The topological polar surface area (TPSA) is 28.2 Å². The molecule has 84 valence electrons. The van der Waals surface area contributed by atoms with Crippen molar-refractivity contribution in [3.8, 4) is 0 Å². The number of aromatic nitrogens is 1. The van der Waals surface area contributed by atoms with E-state index in [2.05, 4.69) is 34.7 Å². The number of rotatable bonds is 6. The van der Waals surface area contributed by atoms with Crippen molar-refractivity contribution in [1.82, 2.24) is 15.2 Å². The maximum absolute atomic E-state index is 4.60. The van der Waals surface area contributed by atoms with Crippen LogP contribution in [0.1, 0.15) is 23.5 Å². The molecule has 3 nitrogen and oxygen atoms in total. The maximum atomic E-state index is 4.60. The molecule has 1 heterocycles. The number of hydrogen-bond donors (Lipinski definition) is 1. The summed E-state index contributed by atoms with van der Waals surface area (Å²) < 4.78 is 0. The van der Waals surface area contributed by atoms with E-state index in [1.165, 1.54) is 23.5 Å². The molecule has 15 heavy (non-hydrogen) atoms. The van der Waals surface area contributed by atoms with E-state index >= 15 is 0 Å². The fourth-order valence-corrected chi connectivity index (χ4v) is 2.44. The van der Waals surface area contributed by atoms with E-state index in [1.807, 2.05) is 0 Å². The van der Waals surface area contributed by atoms with Crippen molar-refractivity contribution in [3.05, 3.63) is 16.1 Å². The van der Waals surface area contributed by atoms with Crippen molar-refractivity contribution < 1.29 is 0 Å². The van der Waals surface area contributed by atoms with E-state index in [4.69, 9.17) is 0 Å². The van der Waals surface area contributed by atoms with Crippen molar-refractivity contribution in [3.63, 3.8) is 0 Å². The van der Waals surface area contributed by atoms with Crippen LogP contribution >= 0.6 is 11.3 Å². The van der Waals surface area contributed by atoms with Gasteiger partial charge in [0.05, 0.1) is 5.69 Å². The fraction of sp³-hybridized carbons (Fsp3) is 0.727. The van der Waals surface area contributed by atoms with Gasteiger partial charge in [-0.15, -0.1) is 11.3 Å². The minimum Gasteiger partial charge on any atom is -0.314 e. The van der Waals surface area contributed by atoms with Gasteiger partial charge < -0.3 is 10.2 Å². The molecule has 0 bridgehead atoms. The Morgan fingerprint density at radius 3 is 3.00 bits per heavy atom. The van der Waals surface area contributed by atoms with E-state index in [0.29, 0.717) is 0 Å². The summed E-state index contributed by atoms with van der Waals surface area (Å²) in [5.74, 6) is 0. The quantitative estimate of drug-likeness (QED) is 0.795. The lowest BCUT2D eigenvalue weighted by Crippen LogP contribution is -2.19. The lowest BCUT2D eigenvalue weighted by Gasteiger charge is -2.05. The zero-order valence-electron chi connectivity index (χ0n) is 9.49. The molecule has 0 radical (unpaired) electrons. The molecule has 0 amide bonds. The average Bonchev–Trinajstić information content (AvgIpc) is 2.88. The Morgan fingerprint density at radius 2 is 2.33 bits per heavy atom. The van der Waals surface area contributed by atoms with Crippen molar-refractivity contribution in [2.24, 2.45) is 0 Å².